The molecule has 2 rings (SSSR count). The minimum atomic E-state index is -6.26. The van der Waals surface area contributed by atoms with Crippen molar-refractivity contribution in [2.45, 2.75) is 73.2 Å². The molecule has 12 atom stereocenters. The highest BCUT2D eigenvalue weighted by molar-refractivity contribution is 7.44. The molecule has 0 aromatic carbocycles. The van der Waals surface area contributed by atoms with Crippen molar-refractivity contribution >= 4 is 53.0 Å². The van der Waals surface area contributed by atoms with Crippen molar-refractivity contribution in [3.63, 3.8) is 0 Å². The standard InChI is InChI=1S/C17H38N2O31P6/c20-5-9(11(45-51(25,26)27)7(22)15(49-55(37,38)39)13(5)47-53(31,32)33)43-3-1-18-17(24)19-2-4-44-10-6(21)14(48-54(34,35)36)16(50-56(40,41)42)8(23)12(10)46-52(28,29)30/h5-16,20-23H,1-4H2,(H2,18,19,24)(H2,25,26,27)(H2,28,29,30)(H2,31,32,33)(H2,34,35,36)(H2,37,38,39)(H2,40,41,42)/p-12/t5-,6+,7-,8+,9+,10-,11-,12+,13+,14-,15+,16-. The van der Waals surface area contributed by atoms with Crippen LogP contribution in [0.1, 0.15) is 0 Å². The highest BCUT2D eigenvalue weighted by Gasteiger charge is 2.55. The number of phosphoric ester groups is 6. The number of hydrogen-bond acceptors (Lipinski definition) is 31. The van der Waals surface area contributed by atoms with Gasteiger partial charge >= 0.3 is 6.03 Å². The zero-order valence-electron chi connectivity index (χ0n) is 26.8. The van der Waals surface area contributed by atoms with Crippen LogP contribution in [-0.2, 0) is 64.0 Å². The second-order valence-corrected chi connectivity index (χ2v) is 17.6. The Balaban J connectivity index is 2.11. The molecule has 33 nitrogen and oxygen atoms in total. The van der Waals surface area contributed by atoms with Gasteiger partial charge in [-0.15, -0.1) is 0 Å². The van der Waals surface area contributed by atoms with Gasteiger partial charge < -0.3 is 154 Å². The molecule has 0 unspecified atom stereocenters. The number of nitrogens with one attached hydrogen (secondary N) is 2. The van der Waals surface area contributed by atoms with Crippen LogP contribution in [0.2, 0.25) is 0 Å². The molecule has 2 saturated carbocycles. The van der Waals surface area contributed by atoms with Crippen LogP contribution >= 0.6 is 46.9 Å². The van der Waals surface area contributed by atoms with Gasteiger partial charge in [0.05, 0.1) is 60.1 Å². The lowest BCUT2D eigenvalue weighted by Gasteiger charge is -2.52. The molecule has 0 saturated heterocycles. The van der Waals surface area contributed by atoms with Crippen LogP contribution in [-0.4, -0.2) is 126 Å². The van der Waals surface area contributed by atoms with E-state index in [0.717, 1.165) is 0 Å². The van der Waals surface area contributed by atoms with Gasteiger partial charge in [-0.2, -0.15) is 0 Å². The molecule has 56 heavy (non-hydrogen) atoms. The topological polar surface area (TPSA) is 575 Å². The first-order chi connectivity index (χ1) is 25.1. The number of phosphoric acid groups is 6. The van der Waals surface area contributed by atoms with Crippen LogP contribution in [0.15, 0.2) is 0 Å². The fourth-order valence-electron chi connectivity index (χ4n) is 5.10. The Hall–Kier alpha value is -0.310. The zero-order chi connectivity index (χ0) is 43.4. The molecule has 0 bridgehead atoms. The summed E-state index contributed by atoms with van der Waals surface area (Å²) in [7, 11) is -37.5. The van der Waals surface area contributed by atoms with Crippen LogP contribution in [0.5, 0.6) is 0 Å². The summed E-state index contributed by atoms with van der Waals surface area (Å²) >= 11 is 0. The first-order valence-corrected chi connectivity index (χ1v) is 23.1. The lowest BCUT2D eigenvalue weighted by molar-refractivity contribution is -0.372. The maximum absolute atomic E-state index is 12.2. The third-order valence-corrected chi connectivity index (χ3v) is 9.90. The summed E-state index contributed by atoms with van der Waals surface area (Å²) in [5.74, 6) is 0. The van der Waals surface area contributed by atoms with E-state index in [2.05, 4.69) is 27.1 Å². The van der Waals surface area contributed by atoms with Crippen molar-refractivity contribution in [3.05, 3.63) is 0 Å². The second-order valence-electron chi connectivity index (χ2n) is 10.9. The van der Waals surface area contributed by atoms with Crippen LogP contribution in [0.25, 0.3) is 0 Å². The normalized spacial score (nSPS) is 32.6. The van der Waals surface area contributed by atoms with Gasteiger partial charge in [-0.3, -0.25) is 0 Å². The largest absolute Gasteiger partial charge is 0.790 e. The van der Waals surface area contributed by atoms with Gasteiger partial charge in [0.1, 0.15) is 73.2 Å². The number of carbonyl (C=O) groups excluding carboxylic acids is 1. The summed E-state index contributed by atoms with van der Waals surface area (Å²) in [5, 5.41) is 45.9. The Morgan fingerprint density at radius 2 is 0.571 bits per heavy atom. The van der Waals surface area contributed by atoms with Crippen molar-refractivity contribution in [3.8, 4) is 0 Å². The van der Waals surface area contributed by atoms with Gasteiger partial charge in [0.25, 0.3) is 0 Å². The minimum absolute atomic E-state index is 0.742. The monoisotopic (exact) mass is 940 g/mol. The van der Waals surface area contributed by atoms with Crippen LogP contribution < -0.4 is 69.4 Å². The summed E-state index contributed by atoms with van der Waals surface area (Å²) in [4.78, 5) is 147. The maximum Gasteiger partial charge on any atom is 0.314 e. The average molecular weight is 940 g/mol. The number of carbonyl (C=O) groups is 1. The van der Waals surface area contributed by atoms with E-state index < -0.39 is 153 Å². The van der Waals surface area contributed by atoms with E-state index in [4.69, 9.17) is 9.47 Å². The highest BCUT2D eigenvalue weighted by atomic mass is 31.2. The lowest BCUT2D eigenvalue weighted by Crippen LogP contribution is -2.66. The number of hydrogen-bond donors (Lipinski definition) is 6. The number of amides is 2. The predicted octanol–water partition coefficient (Wildman–Crippen LogP) is -14.2. The molecule has 332 valence electrons. The molecular weight excluding hydrogens is 914 g/mol. The fraction of sp³-hybridized carbons (Fsp3) is 0.941. The highest BCUT2D eigenvalue weighted by Crippen LogP contribution is 2.45. The molecule has 0 spiro atoms. The fourth-order valence-corrected chi connectivity index (χ4v) is 8.36. The van der Waals surface area contributed by atoms with Crippen LogP contribution in [0.3, 0.4) is 0 Å². The Labute approximate surface area is 311 Å². The van der Waals surface area contributed by atoms with E-state index in [0.29, 0.717) is 0 Å². The predicted molar refractivity (Wildman–Crippen MR) is 140 cm³/mol. The van der Waals surface area contributed by atoms with E-state index in [1.807, 2.05) is 10.6 Å². The second kappa shape index (κ2) is 20.0. The number of rotatable bonds is 20. The SMILES string of the molecule is O=C(NCCO[C@@H]1[C@H](O)[C@@H](OP(=O)([O-])[O-])[C@H](OP(=O)([O-])[O-])[C@@H](O)[C@@H]1OP(=O)([O-])[O-])NCCO[C@H]1[C@@H](O)[C@H](OP(=O)([O-])[O-])[C@@H](OP(=O)([O-])[O-])[C@H](O)[C@H]1OP(=O)([O-])[O-]. The summed E-state index contributed by atoms with van der Waals surface area (Å²) in [6.45, 7) is -3.35. The Morgan fingerprint density at radius 3 is 0.768 bits per heavy atom. The summed E-state index contributed by atoms with van der Waals surface area (Å²) in [5.41, 5.74) is 0. The Kier molecular flexibility index (Phi) is 18.5. The van der Waals surface area contributed by atoms with Gasteiger partial charge in [0, 0.05) is 13.1 Å². The summed E-state index contributed by atoms with van der Waals surface area (Å²) in [6.07, 6.45) is -33.0. The van der Waals surface area contributed by atoms with Crippen molar-refractivity contribution in [2.75, 3.05) is 26.3 Å². The van der Waals surface area contributed by atoms with Gasteiger partial charge in [0.2, 0.25) is 0 Å². The molecule has 2 aliphatic rings. The zero-order valence-corrected chi connectivity index (χ0v) is 32.1. The minimum Gasteiger partial charge on any atom is -0.790 e. The van der Waals surface area contributed by atoms with E-state index in [1.54, 1.807) is 0 Å². The van der Waals surface area contributed by atoms with E-state index in [1.165, 1.54) is 0 Å². The quantitative estimate of drug-likeness (QED) is 0.0487. The smallest absolute Gasteiger partial charge is 0.314 e. The van der Waals surface area contributed by atoms with Gasteiger partial charge in [0.15, 0.2) is 0 Å². The first-order valence-electron chi connectivity index (χ1n) is 14.3. The average Bonchev–Trinajstić information content (AvgIpc) is 2.97. The van der Waals surface area contributed by atoms with Crippen molar-refractivity contribution < 1.29 is 148 Å². The lowest BCUT2D eigenvalue weighted by atomic mass is 9.85. The molecule has 0 radical (unpaired) electrons. The van der Waals surface area contributed by atoms with E-state index in [-0.39, 0.29) is 0 Å². The third-order valence-electron chi connectivity index (χ3n) is 6.89. The van der Waals surface area contributed by atoms with Crippen LogP contribution in [0.4, 0.5) is 4.79 Å². The summed E-state index contributed by atoms with van der Waals surface area (Å²) < 4.78 is 101. The van der Waals surface area contributed by atoms with E-state index in [9.17, 15) is 111 Å². The first kappa shape index (κ1) is 51.8. The Bertz CT molecular complexity index is 1490. The van der Waals surface area contributed by atoms with Crippen molar-refractivity contribution in [1.29, 1.82) is 0 Å². The maximum atomic E-state index is 12.2. The number of aliphatic hydroxyl groups is 4. The van der Waals surface area contributed by atoms with Gasteiger partial charge in [-0.05, 0) is 0 Å². The van der Waals surface area contributed by atoms with Gasteiger partial charge in [-0.25, -0.2) is 4.79 Å². The number of ether oxygens (including phenoxy) is 2. The molecule has 0 heterocycles. The summed E-state index contributed by atoms with van der Waals surface area (Å²) in [6, 6.07) is -1.23. The molecule has 39 heteroatoms. The molecule has 2 amide bonds. The van der Waals surface area contributed by atoms with Crippen molar-refractivity contribution in [2.24, 2.45) is 0 Å². The van der Waals surface area contributed by atoms with Crippen LogP contribution in [0, 0.1) is 0 Å². The van der Waals surface area contributed by atoms with E-state index >= 15 is 0 Å². The molecular formula is C17H26N2O31P6-12. The number of aliphatic hydroxyl groups excluding tert-OH is 4. The van der Waals surface area contributed by atoms with Crippen molar-refractivity contribution in [1.82, 2.24) is 10.6 Å². The molecule has 0 aromatic rings. The Morgan fingerprint density at radius 1 is 0.393 bits per heavy atom. The molecule has 6 N–H and O–H groups in total. The molecule has 0 aliphatic heterocycles. The third kappa shape index (κ3) is 17.7. The van der Waals surface area contributed by atoms with Gasteiger partial charge in [-0.1, -0.05) is 0 Å². The molecule has 0 aromatic heterocycles. The molecule has 2 aliphatic carbocycles. The number of urea groups is 1. The molecule has 2 fully saturated rings.